The number of carbonyl (C=O) groups excluding carboxylic acids is 2. The first kappa shape index (κ1) is 15.5. The van der Waals surface area contributed by atoms with E-state index in [9.17, 15) is 9.59 Å². The van der Waals surface area contributed by atoms with Crippen molar-refractivity contribution in [2.75, 3.05) is 20.2 Å². The number of halogens is 1. The Balaban J connectivity index is 2.88. The zero-order valence-corrected chi connectivity index (χ0v) is 11.9. The Kier molecular flexibility index (Phi) is 6.36. The molecular weight excluding hydrogens is 266 g/mol. The van der Waals surface area contributed by atoms with Gasteiger partial charge in [0.1, 0.15) is 6.54 Å². The topological polar surface area (TPSA) is 46.6 Å². The highest BCUT2D eigenvalue weighted by Gasteiger charge is 2.18. The van der Waals surface area contributed by atoms with Gasteiger partial charge in [-0.3, -0.25) is 9.59 Å². The van der Waals surface area contributed by atoms with Gasteiger partial charge >= 0.3 is 5.97 Å². The summed E-state index contributed by atoms with van der Waals surface area (Å²) in [6, 6.07) is 7.11. The second-order valence-electron chi connectivity index (χ2n) is 4.14. The molecular formula is C14H18ClNO3. The molecule has 0 aromatic heterocycles. The Bertz CT molecular complexity index is 448. The number of rotatable bonds is 6. The van der Waals surface area contributed by atoms with Crippen LogP contribution in [0.3, 0.4) is 0 Å². The van der Waals surface area contributed by atoms with Gasteiger partial charge in [0.2, 0.25) is 0 Å². The van der Waals surface area contributed by atoms with E-state index in [2.05, 4.69) is 4.74 Å². The van der Waals surface area contributed by atoms with E-state index in [0.717, 1.165) is 12.0 Å². The van der Waals surface area contributed by atoms with Crippen molar-refractivity contribution in [2.24, 2.45) is 0 Å². The van der Waals surface area contributed by atoms with E-state index in [1.54, 1.807) is 18.2 Å². The van der Waals surface area contributed by atoms with Gasteiger partial charge in [-0.2, -0.15) is 0 Å². The van der Waals surface area contributed by atoms with E-state index in [1.165, 1.54) is 12.0 Å². The number of amides is 1. The van der Waals surface area contributed by atoms with Crippen LogP contribution in [0.4, 0.5) is 0 Å². The number of benzene rings is 1. The summed E-state index contributed by atoms with van der Waals surface area (Å²) in [5.41, 5.74) is 1.41. The van der Waals surface area contributed by atoms with Crippen LogP contribution in [0.2, 0.25) is 0 Å². The van der Waals surface area contributed by atoms with Crippen molar-refractivity contribution in [3.63, 3.8) is 0 Å². The largest absolute Gasteiger partial charge is 0.468 e. The lowest BCUT2D eigenvalue weighted by Gasteiger charge is -2.21. The van der Waals surface area contributed by atoms with Crippen LogP contribution >= 0.6 is 11.6 Å². The Morgan fingerprint density at radius 1 is 1.37 bits per heavy atom. The van der Waals surface area contributed by atoms with Crippen LogP contribution in [-0.2, 0) is 15.4 Å². The number of hydrogen-bond donors (Lipinski definition) is 0. The van der Waals surface area contributed by atoms with Gasteiger partial charge in [0, 0.05) is 18.0 Å². The molecule has 0 heterocycles. The minimum absolute atomic E-state index is 0.0335. The van der Waals surface area contributed by atoms with Crippen LogP contribution in [0.5, 0.6) is 0 Å². The smallest absolute Gasteiger partial charge is 0.325 e. The number of alkyl halides is 1. The third kappa shape index (κ3) is 4.56. The molecule has 0 saturated carbocycles. The maximum absolute atomic E-state index is 12.3. The molecule has 1 aromatic rings. The first-order valence-electron chi connectivity index (χ1n) is 6.13. The molecule has 0 aliphatic rings. The molecule has 0 bridgehead atoms. The zero-order valence-electron chi connectivity index (χ0n) is 11.2. The van der Waals surface area contributed by atoms with Crippen LogP contribution in [0.1, 0.15) is 29.3 Å². The monoisotopic (exact) mass is 283 g/mol. The van der Waals surface area contributed by atoms with E-state index < -0.39 is 5.97 Å². The average Bonchev–Trinajstić information content (AvgIpc) is 2.45. The molecule has 0 aliphatic carbocycles. The maximum Gasteiger partial charge on any atom is 0.325 e. The number of ether oxygens (including phenoxy) is 1. The molecule has 4 nitrogen and oxygen atoms in total. The summed E-state index contributed by atoms with van der Waals surface area (Å²) in [4.78, 5) is 25.1. The summed E-state index contributed by atoms with van der Waals surface area (Å²) in [7, 11) is 1.31. The fraction of sp³-hybridized carbons (Fsp3) is 0.429. The van der Waals surface area contributed by atoms with Gasteiger partial charge in [-0.25, -0.2) is 0 Å². The molecule has 0 saturated heterocycles. The van der Waals surface area contributed by atoms with Crippen LogP contribution < -0.4 is 0 Å². The SMILES string of the molecule is CCCN(CC(=O)OC)C(=O)c1cccc(CCl)c1. The molecule has 0 atom stereocenters. The van der Waals surface area contributed by atoms with E-state index in [0.29, 0.717) is 18.0 Å². The lowest BCUT2D eigenvalue weighted by Crippen LogP contribution is -2.36. The molecule has 1 amide bonds. The van der Waals surface area contributed by atoms with E-state index in [-0.39, 0.29) is 12.5 Å². The van der Waals surface area contributed by atoms with Crippen molar-refractivity contribution in [3.8, 4) is 0 Å². The van der Waals surface area contributed by atoms with Gasteiger partial charge in [-0.05, 0) is 24.1 Å². The van der Waals surface area contributed by atoms with Crippen molar-refractivity contribution >= 4 is 23.5 Å². The highest BCUT2D eigenvalue weighted by molar-refractivity contribution is 6.17. The Morgan fingerprint density at radius 2 is 2.11 bits per heavy atom. The van der Waals surface area contributed by atoms with Crippen molar-refractivity contribution in [2.45, 2.75) is 19.2 Å². The number of methoxy groups -OCH3 is 1. The lowest BCUT2D eigenvalue weighted by molar-refractivity contribution is -0.141. The van der Waals surface area contributed by atoms with Crippen molar-refractivity contribution in [1.29, 1.82) is 0 Å². The maximum atomic E-state index is 12.3. The normalized spacial score (nSPS) is 10.1. The highest BCUT2D eigenvalue weighted by atomic mass is 35.5. The summed E-state index contributed by atoms with van der Waals surface area (Å²) in [6.07, 6.45) is 0.776. The van der Waals surface area contributed by atoms with Gasteiger partial charge in [0.05, 0.1) is 7.11 Å². The molecule has 0 spiro atoms. The van der Waals surface area contributed by atoms with Gasteiger partial charge in [0.15, 0.2) is 0 Å². The summed E-state index contributed by atoms with van der Waals surface area (Å²) >= 11 is 5.75. The quantitative estimate of drug-likeness (QED) is 0.595. The third-order valence-corrected chi connectivity index (χ3v) is 2.97. The van der Waals surface area contributed by atoms with Gasteiger partial charge in [0.25, 0.3) is 5.91 Å². The van der Waals surface area contributed by atoms with E-state index in [1.807, 2.05) is 13.0 Å². The predicted octanol–water partition coefficient (Wildman–Crippen LogP) is 2.45. The average molecular weight is 284 g/mol. The van der Waals surface area contributed by atoms with E-state index in [4.69, 9.17) is 11.6 Å². The molecule has 104 valence electrons. The minimum atomic E-state index is -0.421. The molecule has 0 unspecified atom stereocenters. The van der Waals surface area contributed by atoms with Crippen molar-refractivity contribution in [1.82, 2.24) is 4.90 Å². The highest BCUT2D eigenvalue weighted by Crippen LogP contribution is 2.11. The van der Waals surface area contributed by atoms with Gasteiger partial charge in [-0.15, -0.1) is 11.6 Å². The summed E-state index contributed by atoms with van der Waals surface area (Å²) in [6.45, 7) is 2.43. The molecule has 1 rings (SSSR count). The van der Waals surface area contributed by atoms with Gasteiger partial charge in [-0.1, -0.05) is 19.1 Å². The Morgan fingerprint density at radius 3 is 2.68 bits per heavy atom. The molecule has 0 N–H and O–H groups in total. The molecule has 0 aliphatic heterocycles. The second-order valence-corrected chi connectivity index (χ2v) is 4.40. The minimum Gasteiger partial charge on any atom is -0.468 e. The fourth-order valence-corrected chi connectivity index (χ4v) is 1.88. The molecule has 1 aromatic carbocycles. The summed E-state index contributed by atoms with van der Waals surface area (Å²) < 4.78 is 4.60. The standard InChI is InChI=1S/C14H18ClNO3/c1-3-7-16(10-13(17)19-2)14(18)12-6-4-5-11(8-12)9-15/h4-6,8H,3,7,9-10H2,1-2H3. The van der Waals surface area contributed by atoms with Crippen LogP contribution in [0.15, 0.2) is 24.3 Å². The first-order valence-corrected chi connectivity index (χ1v) is 6.66. The third-order valence-electron chi connectivity index (χ3n) is 2.66. The Hall–Kier alpha value is -1.55. The van der Waals surface area contributed by atoms with Gasteiger partial charge < -0.3 is 9.64 Å². The zero-order chi connectivity index (χ0) is 14.3. The van der Waals surface area contributed by atoms with E-state index >= 15 is 0 Å². The van der Waals surface area contributed by atoms with Crippen LogP contribution in [0.25, 0.3) is 0 Å². The molecule has 0 radical (unpaired) electrons. The predicted molar refractivity (Wildman–Crippen MR) is 74.2 cm³/mol. The number of carbonyl (C=O) groups is 2. The summed E-state index contributed by atoms with van der Waals surface area (Å²) in [5.74, 6) is -0.249. The van der Waals surface area contributed by atoms with Crippen LogP contribution in [-0.4, -0.2) is 37.0 Å². The lowest BCUT2D eigenvalue weighted by atomic mass is 10.1. The Labute approximate surface area is 118 Å². The molecule has 5 heteroatoms. The van der Waals surface area contributed by atoms with Crippen molar-refractivity contribution < 1.29 is 14.3 Å². The molecule has 19 heavy (non-hydrogen) atoms. The molecule has 0 fully saturated rings. The van der Waals surface area contributed by atoms with Crippen LogP contribution in [0, 0.1) is 0 Å². The number of hydrogen-bond acceptors (Lipinski definition) is 3. The second kappa shape index (κ2) is 7.79. The first-order chi connectivity index (χ1) is 9.12. The van der Waals surface area contributed by atoms with Crippen molar-refractivity contribution in [3.05, 3.63) is 35.4 Å². The number of nitrogens with zero attached hydrogens (tertiary/aromatic N) is 1. The fourth-order valence-electron chi connectivity index (χ4n) is 1.71. The number of esters is 1. The summed E-state index contributed by atoms with van der Waals surface area (Å²) in [5, 5.41) is 0.